The van der Waals surface area contributed by atoms with Crippen LogP contribution in [0.1, 0.15) is 56.6 Å². The Kier molecular flexibility index (Phi) is 7.87. The van der Waals surface area contributed by atoms with Crippen LogP contribution >= 0.6 is 0 Å². The van der Waals surface area contributed by atoms with Crippen LogP contribution in [-0.2, 0) is 14.3 Å². The number of carboxylic acids is 1. The third-order valence-electron chi connectivity index (χ3n) is 5.79. The van der Waals surface area contributed by atoms with Crippen LogP contribution in [0.3, 0.4) is 0 Å². The molecule has 0 saturated carbocycles. The van der Waals surface area contributed by atoms with Gasteiger partial charge in [-0.15, -0.1) is 0 Å². The molecule has 0 bridgehead atoms. The number of hydrogen-bond acceptors (Lipinski definition) is 4. The number of rotatable bonds is 10. The molecule has 2 atom stereocenters. The minimum absolute atomic E-state index is 0.0633. The van der Waals surface area contributed by atoms with E-state index < -0.39 is 30.1 Å². The first-order valence-corrected chi connectivity index (χ1v) is 11.1. The van der Waals surface area contributed by atoms with Gasteiger partial charge in [0, 0.05) is 12.0 Å². The predicted molar refractivity (Wildman–Crippen MR) is 121 cm³/mol. The van der Waals surface area contributed by atoms with Crippen LogP contribution in [0.5, 0.6) is 0 Å². The van der Waals surface area contributed by atoms with Gasteiger partial charge in [-0.3, -0.25) is 9.59 Å². The molecular weight excluding hydrogens is 408 g/mol. The van der Waals surface area contributed by atoms with E-state index in [2.05, 4.69) is 22.8 Å². The molecule has 3 rings (SSSR count). The molecule has 0 radical (unpaired) electrons. The zero-order valence-electron chi connectivity index (χ0n) is 18.5. The Hall–Kier alpha value is -3.35. The van der Waals surface area contributed by atoms with Crippen LogP contribution < -0.4 is 10.6 Å². The number of fused-ring (bicyclic) bond motifs is 3. The summed E-state index contributed by atoms with van der Waals surface area (Å²) in [7, 11) is 0. The van der Waals surface area contributed by atoms with Crippen molar-refractivity contribution in [2.45, 2.75) is 57.5 Å². The normalized spacial score (nSPS) is 14.1. The van der Waals surface area contributed by atoms with Crippen LogP contribution in [0.4, 0.5) is 4.79 Å². The van der Waals surface area contributed by atoms with E-state index in [4.69, 9.17) is 9.84 Å². The third kappa shape index (κ3) is 5.46. The fraction of sp³-hybridized carbons (Fsp3) is 0.400. The standard InChI is InChI=1S/C25H30N2O5/c1-3-9-22(24(30)26-16(4-2)14-23(28)29)27-25(31)32-15-21-19-12-7-5-10-17(19)18-11-6-8-13-20(18)21/h5-8,10-13,16,21-22H,3-4,9,14-15H2,1-2H3,(H,26,30)(H,27,31)(H,28,29)/t16-,22?/m0/s1. The first-order valence-electron chi connectivity index (χ1n) is 11.1. The monoisotopic (exact) mass is 438 g/mol. The molecule has 0 heterocycles. The molecule has 1 unspecified atom stereocenters. The lowest BCUT2D eigenvalue weighted by Crippen LogP contribution is -2.50. The van der Waals surface area contributed by atoms with E-state index in [9.17, 15) is 14.4 Å². The zero-order valence-corrected chi connectivity index (χ0v) is 18.5. The molecule has 1 aliphatic carbocycles. The maximum atomic E-state index is 12.6. The topological polar surface area (TPSA) is 105 Å². The predicted octanol–water partition coefficient (Wildman–Crippen LogP) is 4.06. The maximum Gasteiger partial charge on any atom is 0.407 e. The van der Waals surface area contributed by atoms with E-state index in [1.165, 1.54) is 0 Å². The van der Waals surface area contributed by atoms with Gasteiger partial charge < -0.3 is 20.5 Å². The van der Waals surface area contributed by atoms with Gasteiger partial charge in [-0.1, -0.05) is 68.8 Å². The van der Waals surface area contributed by atoms with Gasteiger partial charge in [0.2, 0.25) is 5.91 Å². The van der Waals surface area contributed by atoms with Gasteiger partial charge in [0.05, 0.1) is 6.42 Å². The Labute approximate surface area is 188 Å². The van der Waals surface area contributed by atoms with Crippen LogP contribution in [0, 0.1) is 0 Å². The van der Waals surface area contributed by atoms with E-state index in [-0.39, 0.29) is 18.9 Å². The van der Waals surface area contributed by atoms with Crippen molar-refractivity contribution in [3.05, 3.63) is 59.7 Å². The number of carbonyl (C=O) groups is 3. The maximum absolute atomic E-state index is 12.6. The summed E-state index contributed by atoms with van der Waals surface area (Å²) in [4.78, 5) is 36.1. The molecule has 3 N–H and O–H groups in total. The van der Waals surface area contributed by atoms with Crippen molar-refractivity contribution in [2.24, 2.45) is 0 Å². The fourth-order valence-electron chi connectivity index (χ4n) is 4.15. The number of benzene rings is 2. The highest BCUT2D eigenvalue weighted by atomic mass is 16.5. The Morgan fingerprint density at radius 2 is 1.56 bits per heavy atom. The summed E-state index contributed by atoms with van der Waals surface area (Å²) < 4.78 is 5.54. The fourth-order valence-corrected chi connectivity index (χ4v) is 4.15. The number of amides is 2. The van der Waals surface area contributed by atoms with Crippen LogP contribution in [0.15, 0.2) is 48.5 Å². The van der Waals surface area contributed by atoms with Crippen molar-refractivity contribution in [3.63, 3.8) is 0 Å². The smallest absolute Gasteiger partial charge is 0.407 e. The van der Waals surface area contributed by atoms with E-state index in [0.29, 0.717) is 19.3 Å². The Morgan fingerprint density at radius 1 is 0.969 bits per heavy atom. The highest BCUT2D eigenvalue weighted by Gasteiger charge is 2.30. The summed E-state index contributed by atoms with van der Waals surface area (Å²) in [6.07, 6.45) is 0.775. The van der Waals surface area contributed by atoms with Crippen molar-refractivity contribution in [2.75, 3.05) is 6.61 Å². The molecule has 2 amide bonds. The van der Waals surface area contributed by atoms with Crippen LogP contribution in [-0.4, -0.2) is 41.8 Å². The van der Waals surface area contributed by atoms with E-state index in [1.54, 1.807) is 0 Å². The molecule has 1 aliphatic rings. The zero-order chi connectivity index (χ0) is 23.1. The molecule has 2 aromatic rings. The average molecular weight is 439 g/mol. The molecule has 32 heavy (non-hydrogen) atoms. The second-order valence-corrected chi connectivity index (χ2v) is 8.02. The molecule has 0 fully saturated rings. The number of nitrogens with one attached hydrogen (secondary N) is 2. The van der Waals surface area contributed by atoms with E-state index in [1.807, 2.05) is 50.2 Å². The van der Waals surface area contributed by atoms with Gasteiger partial charge in [-0.2, -0.15) is 0 Å². The summed E-state index contributed by atoms with van der Waals surface area (Å²) in [6, 6.07) is 14.9. The second-order valence-electron chi connectivity index (χ2n) is 8.02. The minimum atomic E-state index is -0.978. The van der Waals surface area contributed by atoms with Gasteiger partial charge in [0.25, 0.3) is 0 Å². The van der Waals surface area contributed by atoms with Crippen LogP contribution in [0.2, 0.25) is 0 Å². The lowest BCUT2D eigenvalue weighted by Gasteiger charge is -2.22. The summed E-state index contributed by atoms with van der Waals surface area (Å²) in [5.41, 5.74) is 4.52. The van der Waals surface area contributed by atoms with Crippen LogP contribution in [0.25, 0.3) is 11.1 Å². The van der Waals surface area contributed by atoms with Crippen molar-refractivity contribution in [1.82, 2.24) is 10.6 Å². The van der Waals surface area contributed by atoms with Gasteiger partial charge >= 0.3 is 12.1 Å². The minimum Gasteiger partial charge on any atom is -0.481 e. The second kappa shape index (κ2) is 10.8. The first kappa shape index (κ1) is 23.3. The highest BCUT2D eigenvalue weighted by molar-refractivity contribution is 5.86. The molecule has 7 heteroatoms. The van der Waals surface area contributed by atoms with Crippen molar-refractivity contribution in [3.8, 4) is 11.1 Å². The third-order valence-corrected chi connectivity index (χ3v) is 5.79. The molecule has 0 aromatic heterocycles. The van der Waals surface area contributed by atoms with Crippen molar-refractivity contribution < 1.29 is 24.2 Å². The van der Waals surface area contributed by atoms with Gasteiger partial charge in [-0.05, 0) is 35.1 Å². The molecule has 0 aliphatic heterocycles. The summed E-state index contributed by atoms with van der Waals surface area (Å²) in [5, 5.41) is 14.4. The van der Waals surface area contributed by atoms with Gasteiger partial charge in [0.1, 0.15) is 12.6 Å². The molecule has 7 nitrogen and oxygen atoms in total. The quantitative estimate of drug-likeness (QED) is 0.519. The Morgan fingerprint density at radius 3 is 2.09 bits per heavy atom. The number of carboxylic acid groups (broad SMARTS) is 1. The van der Waals surface area contributed by atoms with E-state index in [0.717, 1.165) is 22.3 Å². The lowest BCUT2D eigenvalue weighted by molar-refractivity contribution is -0.137. The van der Waals surface area contributed by atoms with E-state index >= 15 is 0 Å². The molecule has 0 saturated heterocycles. The molecule has 170 valence electrons. The highest BCUT2D eigenvalue weighted by Crippen LogP contribution is 2.44. The van der Waals surface area contributed by atoms with Gasteiger partial charge in [-0.25, -0.2) is 4.79 Å². The Balaban J connectivity index is 1.62. The van der Waals surface area contributed by atoms with Crippen molar-refractivity contribution in [1.29, 1.82) is 0 Å². The average Bonchev–Trinajstić information content (AvgIpc) is 3.10. The largest absolute Gasteiger partial charge is 0.481 e. The molecule has 0 spiro atoms. The lowest BCUT2D eigenvalue weighted by atomic mass is 9.98. The number of carbonyl (C=O) groups excluding carboxylic acids is 2. The molecular formula is C25H30N2O5. The number of alkyl carbamates (subject to hydrolysis) is 1. The number of hydrogen-bond donors (Lipinski definition) is 3. The Bertz CT molecular complexity index is 929. The summed E-state index contributed by atoms with van der Waals surface area (Å²) in [6.45, 7) is 3.88. The summed E-state index contributed by atoms with van der Waals surface area (Å²) >= 11 is 0. The van der Waals surface area contributed by atoms with Crippen molar-refractivity contribution >= 4 is 18.0 Å². The van der Waals surface area contributed by atoms with Gasteiger partial charge in [0.15, 0.2) is 0 Å². The molecule has 2 aromatic carbocycles. The number of aliphatic carboxylic acids is 1. The first-order chi connectivity index (χ1) is 15.4. The number of ether oxygens (including phenoxy) is 1. The SMILES string of the molecule is CCCC(NC(=O)OCC1c2ccccc2-c2ccccc21)C(=O)N[C@@H](CC)CC(=O)O. The summed E-state index contributed by atoms with van der Waals surface area (Å²) in [5.74, 6) is -1.44.